The van der Waals surface area contributed by atoms with Gasteiger partial charge in [-0.05, 0) is 33.4 Å². The molecule has 0 aliphatic rings. The molecule has 0 amide bonds. The van der Waals surface area contributed by atoms with E-state index in [4.69, 9.17) is 9.47 Å². The van der Waals surface area contributed by atoms with E-state index < -0.39 is 0 Å². The number of aromatic nitrogens is 2. The fraction of sp³-hybridized carbons (Fsp3) is 0.786. The molecule has 5 nitrogen and oxygen atoms in total. The van der Waals surface area contributed by atoms with Crippen molar-refractivity contribution in [3.63, 3.8) is 0 Å². The molecule has 5 heteroatoms. The number of ether oxygens (including phenoxy) is 2. The van der Waals surface area contributed by atoms with Crippen LogP contribution in [0.5, 0.6) is 0 Å². The summed E-state index contributed by atoms with van der Waals surface area (Å²) < 4.78 is 12.4. The average Bonchev–Trinajstić information content (AvgIpc) is 2.86. The van der Waals surface area contributed by atoms with Crippen molar-refractivity contribution in [1.82, 2.24) is 15.1 Å². The molecule has 0 saturated carbocycles. The van der Waals surface area contributed by atoms with Crippen molar-refractivity contribution in [2.75, 3.05) is 34.0 Å². The minimum Gasteiger partial charge on any atom is -0.382 e. The molecule has 0 aliphatic carbocycles. The maximum atomic E-state index is 5.50. The van der Waals surface area contributed by atoms with E-state index in [1.54, 1.807) is 7.11 Å². The molecule has 19 heavy (non-hydrogen) atoms. The zero-order valence-electron chi connectivity index (χ0n) is 12.6. The highest BCUT2D eigenvalue weighted by Gasteiger charge is 2.10. The van der Waals surface area contributed by atoms with E-state index in [1.807, 2.05) is 17.9 Å². The predicted molar refractivity (Wildman–Crippen MR) is 76.5 cm³/mol. The molecule has 0 saturated heterocycles. The minimum absolute atomic E-state index is 0.401. The van der Waals surface area contributed by atoms with Crippen molar-refractivity contribution in [1.29, 1.82) is 0 Å². The quantitative estimate of drug-likeness (QED) is 0.656. The number of hydrogen-bond donors (Lipinski definition) is 1. The van der Waals surface area contributed by atoms with Crippen LogP contribution in [-0.4, -0.2) is 49.8 Å². The van der Waals surface area contributed by atoms with E-state index in [0.717, 1.165) is 25.1 Å². The van der Waals surface area contributed by atoms with Crippen LogP contribution < -0.4 is 5.32 Å². The molecule has 0 radical (unpaired) electrons. The third-order valence-corrected chi connectivity index (χ3v) is 3.10. The lowest BCUT2D eigenvalue weighted by atomic mass is 10.1. The number of rotatable bonds is 10. The first-order valence-corrected chi connectivity index (χ1v) is 6.95. The maximum Gasteiger partial charge on any atom is 0.0700 e. The van der Waals surface area contributed by atoms with Gasteiger partial charge in [0.25, 0.3) is 0 Å². The summed E-state index contributed by atoms with van der Waals surface area (Å²) in [6.07, 6.45) is 3.96. The van der Waals surface area contributed by atoms with Crippen molar-refractivity contribution in [2.24, 2.45) is 0 Å². The fourth-order valence-electron chi connectivity index (χ4n) is 1.84. The molecule has 0 bridgehead atoms. The van der Waals surface area contributed by atoms with Gasteiger partial charge in [-0.1, -0.05) is 0 Å². The second kappa shape index (κ2) is 9.07. The second-order valence-electron chi connectivity index (χ2n) is 4.96. The van der Waals surface area contributed by atoms with E-state index >= 15 is 0 Å². The average molecular weight is 269 g/mol. The number of methoxy groups -OCH3 is 1. The van der Waals surface area contributed by atoms with Crippen molar-refractivity contribution in [2.45, 2.75) is 38.8 Å². The Hall–Kier alpha value is -0.910. The van der Waals surface area contributed by atoms with Gasteiger partial charge in [-0.2, -0.15) is 5.10 Å². The van der Waals surface area contributed by atoms with Gasteiger partial charge in [0, 0.05) is 38.4 Å². The standard InChI is InChI=1S/C14H27N3O2/c1-12(2)17-7-5-14(16-17)11-13(15-3)6-8-19-10-9-18-4/h5,7,12-13,15H,6,8-11H2,1-4H3. The third kappa shape index (κ3) is 6.18. The summed E-state index contributed by atoms with van der Waals surface area (Å²) >= 11 is 0. The summed E-state index contributed by atoms with van der Waals surface area (Å²) in [6.45, 7) is 6.34. The summed E-state index contributed by atoms with van der Waals surface area (Å²) in [5, 5.41) is 7.89. The Kier molecular flexibility index (Phi) is 7.70. The Morgan fingerprint density at radius 1 is 1.32 bits per heavy atom. The largest absolute Gasteiger partial charge is 0.382 e. The van der Waals surface area contributed by atoms with E-state index in [-0.39, 0.29) is 0 Å². The van der Waals surface area contributed by atoms with Crippen LogP contribution in [0.2, 0.25) is 0 Å². The van der Waals surface area contributed by atoms with Crippen LogP contribution in [0.1, 0.15) is 32.0 Å². The lowest BCUT2D eigenvalue weighted by Crippen LogP contribution is -2.29. The van der Waals surface area contributed by atoms with Gasteiger partial charge in [0.1, 0.15) is 0 Å². The first-order chi connectivity index (χ1) is 9.17. The Balaban J connectivity index is 2.30. The molecular weight excluding hydrogens is 242 g/mol. The molecule has 1 N–H and O–H groups in total. The highest BCUT2D eigenvalue weighted by Crippen LogP contribution is 2.07. The Labute approximate surface area is 116 Å². The molecule has 1 heterocycles. The van der Waals surface area contributed by atoms with Crippen LogP contribution in [0, 0.1) is 0 Å². The van der Waals surface area contributed by atoms with E-state index in [9.17, 15) is 0 Å². The summed E-state index contributed by atoms with van der Waals surface area (Å²) in [5.41, 5.74) is 1.13. The van der Waals surface area contributed by atoms with Gasteiger partial charge in [0.2, 0.25) is 0 Å². The SMILES string of the molecule is CNC(CCOCCOC)Cc1ccn(C(C)C)n1. The number of likely N-dealkylation sites (N-methyl/N-ethyl adjacent to an activating group) is 1. The summed E-state index contributed by atoms with van der Waals surface area (Å²) in [7, 11) is 3.67. The molecule has 1 aromatic rings. The molecule has 1 unspecified atom stereocenters. The first-order valence-electron chi connectivity index (χ1n) is 6.95. The maximum absolute atomic E-state index is 5.50. The molecule has 1 atom stereocenters. The smallest absolute Gasteiger partial charge is 0.0700 e. The van der Waals surface area contributed by atoms with Gasteiger partial charge in [-0.25, -0.2) is 0 Å². The summed E-state index contributed by atoms with van der Waals surface area (Å²) in [5.74, 6) is 0. The predicted octanol–water partition coefficient (Wildman–Crippen LogP) is 1.65. The highest BCUT2D eigenvalue weighted by molar-refractivity contribution is 5.02. The Morgan fingerprint density at radius 2 is 2.11 bits per heavy atom. The van der Waals surface area contributed by atoms with E-state index in [0.29, 0.717) is 25.3 Å². The lowest BCUT2D eigenvalue weighted by Gasteiger charge is -2.15. The number of nitrogens with one attached hydrogen (secondary N) is 1. The normalized spacial score (nSPS) is 13.1. The van der Waals surface area contributed by atoms with Crippen LogP contribution in [0.3, 0.4) is 0 Å². The number of hydrogen-bond acceptors (Lipinski definition) is 4. The van der Waals surface area contributed by atoms with E-state index in [1.165, 1.54) is 0 Å². The van der Waals surface area contributed by atoms with Gasteiger partial charge in [-0.15, -0.1) is 0 Å². The molecule has 0 spiro atoms. The second-order valence-corrected chi connectivity index (χ2v) is 4.96. The molecule has 1 aromatic heterocycles. The molecule has 1 rings (SSSR count). The molecule has 0 aliphatic heterocycles. The van der Waals surface area contributed by atoms with Crippen LogP contribution in [0.15, 0.2) is 12.3 Å². The topological polar surface area (TPSA) is 48.3 Å². The van der Waals surface area contributed by atoms with Crippen LogP contribution >= 0.6 is 0 Å². The van der Waals surface area contributed by atoms with Crippen molar-refractivity contribution < 1.29 is 9.47 Å². The van der Waals surface area contributed by atoms with Gasteiger partial charge in [0.05, 0.1) is 18.9 Å². The van der Waals surface area contributed by atoms with Gasteiger partial charge in [0.15, 0.2) is 0 Å². The van der Waals surface area contributed by atoms with Gasteiger partial charge < -0.3 is 14.8 Å². The third-order valence-electron chi connectivity index (χ3n) is 3.10. The zero-order valence-corrected chi connectivity index (χ0v) is 12.6. The zero-order chi connectivity index (χ0) is 14.1. The first kappa shape index (κ1) is 16.1. The van der Waals surface area contributed by atoms with Gasteiger partial charge >= 0.3 is 0 Å². The molecule has 0 aromatic carbocycles. The summed E-state index contributed by atoms with van der Waals surface area (Å²) in [4.78, 5) is 0. The van der Waals surface area contributed by atoms with Crippen molar-refractivity contribution in [3.8, 4) is 0 Å². The highest BCUT2D eigenvalue weighted by atomic mass is 16.5. The van der Waals surface area contributed by atoms with Crippen LogP contribution in [-0.2, 0) is 15.9 Å². The Bertz CT molecular complexity index is 339. The van der Waals surface area contributed by atoms with E-state index in [2.05, 4.69) is 30.3 Å². The minimum atomic E-state index is 0.401. The van der Waals surface area contributed by atoms with Crippen LogP contribution in [0.4, 0.5) is 0 Å². The molecular formula is C14H27N3O2. The lowest BCUT2D eigenvalue weighted by molar-refractivity contribution is 0.0661. The number of nitrogens with zero attached hydrogens (tertiary/aromatic N) is 2. The van der Waals surface area contributed by atoms with Crippen molar-refractivity contribution in [3.05, 3.63) is 18.0 Å². The van der Waals surface area contributed by atoms with Crippen LogP contribution in [0.25, 0.3) is 0 Å². The monoisotopic (exact) mass is 269 g/mol. The molecule has 110 valence electrons. The fourth-order valence-corrected chi connectivity index (χ4v) is 1.84. The van der Waals surface area contributed by atoms with Gasteiger partial charge in [-0.3, -0.25) is 4.68 Å². The molecule has 0 fully saturated rings. The summed E-state index contributed by atoms with van der Waals surface area (Å²) in [6, 6.07) is 2.91. The Morgan fingerprint density at radius 3 is 2.68 bits per heavy atom. The van der Waals surface area contributed by atoms with Crippen molar-refractivity contribution >= 4 is 0 Å².